The third-order valence-corrected chi connectivity index (χ3v) is 6.07. The van der Waals surface area contributed by atoms with Crippen LogP contribution in [-0.2, 0) is 19.6 Å². The summed E-state index contributed by atoms with van der Waals surface area (Å²) in [6.45, 7) is 1.09. The molecule has 188 valence electrons. The number of nitrogens with zero attached hydrogens (tertiary/aromatic N) is 4. The number of hydrogen-bond acceptors (Lipinski definition) is 8. The number of benzene rings is 2. The van der Waals surface area contributed by atoms with E-state index in [0.717, 1.165) is 24.2 Å². The molecule has 37 heavy (non-hydrogen) atoms. The van der Waals surface area contributed by atoms with Crippen molar-refractivity contribution < 1.29 is 19.0 Å². The van der Waals surface area contributed by atoms with Gasteiger partial charge < -0.3 is 24.4 Å². The van der Waals surface area contributed by atoms with E-state index >= 15 is 0 Å². The quantitative estimate of drug-likeness (QED) is 0.345. The van der Waals surface area contributed by atoms with Gasteiger partial charge in [-0.05, 0) is 47.9 Å². The van der Waals surface area contributed by atoms with Gasteiger partial charge in [0.05, 0.1) is 30.6 Å². The molecule has 0 spiro atoms. The predicted molar refractivity (Wildman–Crippen MR) is 139 cm³/mol. The second-order valence-electron chi connectivity index (χ2n) is 8.19. The molecule has 1 aliphatic heterocycles. The Labute approximate surface area is 219 Å². The molecule has 0 radical (unpaired) electrons. The highest BCUT2D eigenvalue weighted by Crippen LogP contribution is 2.35. The monoisotopic (exact) mass is 517 g/mol. The minimum absolute atomic E-state index is 0.0920. The molecule has 0 saturated carbocycles. The number of para-hydroxylation sites is 1. The molecule has 2 aromatic carbocycles. The molecule has 3 heterocycles. The fraction of sp³-hybridized carbons (Fsp3) is 0.185. The number of anilines is 2. The molecule has 0 saturated heterocycles. The molecular formula is C27H24ClN5O4. The van der Waals surface area contributed by atoms with Crippen molar-refractivity contribution in [2.45, 2.75) is 19.6 Å². The van der Waals surface area contributed by atoms with Gasteiger partial charge in [0, 0.05) is 18.4 Å². The molecule has 0 fully saturated rings. The number of hydrogen-bond donors (Lipinski definition) is 1. The van der Waals surface area contributed by atoms with Gasteiger partial charge in [-0.2, -0.15) is 4.98 Å². The summed E-state index contributed by atoms with van der Waals surface area (Å²) in [5.74, 6) is 1.24. The van der Waals surface area contributed by atoms with E-state index in [9.17, 15) is 4.79 Å². The maximum atomic E-state index is 12.5. The first kappa shape index (κ1) is 24.3. The molecule has 1 amide bonds. The lowest BCUT2D eigenvalue weighted by atomic mass is 10.2. The molecule has 0 unspecified atom stereocenters. The molecule has 0 aliphatic carbocycles. The van der Waals surface area contributed by atoms with Gasteiger partial charge in [-0.3, -0.25) is 4.98 Å². The third kappa shape index (κ3) is 5.73. The standard InChI is InChI=1S/C27H24ClN5O4/c1-35-23-10-9-18(14-21(23)28)17-36-25-24(37-27(34)31-15-20-7-4-5-12-29-20)16-30-26(32-25)33-13-11-19-6-2-3-8-22(19)33/h2-10,12,14,16H,11,13,15,17H2,1H3,(H,31,34). The topological polar surface area (TPSA) is 98.7 Å². The van der Waals surface area contributed by atoms with Crippen LogP contribution < -0.4 is 24.4 Å². The Morgan fingerprint density at radius 1 is 1.08 bits per heavy atom. The van der Waals surface area contributed by atoms with Crippen LogP contribution >= 0.6 is 11.6 Å². The number of halogens is 1. The lowest BCUT2D eigenvalue weighted by Gasteiger charge is -2.19. The van der Waals surface area contributed by atoms with E-state index < -0.39 is 6.09 Å². The van der Waals surface area contributed by atoms with Crippen LogP contribution in [0.15, 0.2) is 73.1 Å². The third-order valence-electron chi connectivity index (χ3n) is 5.77. The first-order valence-corrected chi connectivity index (χ1v) is 12.0. The van der Waals surface area contributed by atoms with E-state index in [2.05, 4.69) is 26.3 Å². The van der Waals surface area contributed by atoms with E-state index in [1.807, 2.05) is 35.2 Å². The zero-order chi connectivity index (χ0) is 25.6. The Bertz CT molecular complexity index is 1400. The number of fused-ring (bicyclic) bond motifs is 1. The molecule has 0 bridgehead atoms. The summed E-state index contributed by atoms with van der Waals surface area (Å²) >= 11 is 6.26. The van der Waals surface area contributed by atoms with E-state index in [-0.39, 0.29) is 24.8 Å². The van der Waals surface area contributed by atoms with Crippen LogP contribution in [0, 0.1) is 0 Å². The van der Waals surface area contributed by atoms with Crippen molar-refractivity contribution in [3.8, 4) is 17.4 Å². The minimum Gasteiger partial charge on any atom is -0.495 e. The number of nitrogens with one attached hydrogen (secondary N) is 1. The van der Waals surface area contributed by atoms with Crippen molar-refractivity contribution in [1.82, 2.24) is 20.3 Å². The number of carbonyl (C=O) groups excluding carboxylic acids is 1. The molecule has 9 nitrogen and oxygen atoms in total. The molecule has 4 aromatic rings. The number of rotatable bonds is 8. The second-order valence-corrected chi connectivity index (χ2v) is 8.60. The molecule has 2 aromatic heterocycles. The lowest BCUT2D eigenvalue weighted by molar-refractivity contribution is 0.194. The summed E-state index contributed by atoms with van der Waals surface area (Å²) in [7, 11) is 1.55. The number of pyridine rings is 1. The Hall–Kier alpha value is -4.37. The highest BCUT2D eigenvalue weighted by atomic mass is 35.5. The normalized spacial score (nSPS) is 12.1. The van der Waals surface area contributed by atoms with Gasteiger partial charge in [0.25, 0.3) is 5.88 Å². The van der Waals surface area contributed by atoms with E-state index in [4.69, 9.17) is 25.8 Å². The SMILES string of the molecule is COc1ccc(COc2nc(N3CCc4ccccc43)ncc2OC(=O)NCc2ccccn2)cc1Cl. The number of amides is 1. The van der Waals surface area contributed by atoms with Gasteiger partial charge in [0.15, 0.2) is 0 Å². The Morgan fingerprint density at radius 2 is 1.95 bits per heavy atom. The number of carbonyl (C=O) groups is 1. The van der Waals surface area contributed by atoms with Gasteiger partial charge in [0.1, 0.15) is 12.4 Å². The Morgan fingerprint density at radius 3 is 2.76 bits per heavy atom. The van der Waals surface area contributed by atoms with Gasteiger partial charge in [-0.25, -0.2) is 9.78 Å². The zero-order valence-electron chi connectivity index (χ0n) is 20.1. The highest BCUT2D eigenvalue weighted by Gasteiger charge is 2.24. The van der Waals surface area contributed by atoms with Crippen LogP contribution in [0.1, 0.15) is 16.8 Å². The van der Waals surface area contributed by atoms with Crippen molar-refractivity contribution in [2.75, 3.05) is 18.6 Å². The zero-order valence-corrected chi connectivity index (χ0v) is 20.8. The van der Waals surface area contributed by atoms with E-state index in [1.54, 1.807) is 37.6 Å². The maximum Gasteiger partial charge on any atom is 0.413 e. The number of methoxy groups -OCH3 is 1. The molecule has 1 aliphatic rings. The van der Waals surface area contributed by atoms with Crippen molar-refractivity contribution in [2.24, 2.45) is 0 Å². The summed E-state index contributed by atoms with van der Waals surface area (Å²) < 4.78 is 16.7. The highest BCUT2D eigenvalue weighted by molar-refractivity contribution is 6.32. The fourth-order valence-electron chi connectivity index (χ4n) is 3.95. The average Bonchev–Trinajstić information content (AvgIpc) is 3.36. The molecule has 1 N–H and O–H groups in total. The first-order chi connectivity index (χ1) is 18.1. The molecular weight excluding hydrogens is 494 g/mol. The van der Waals surface area contributed by atoms with Crippen LogP contribution in [-0.4, -0.2) is 34.7 Å². The van der Waals surface area contributed by atoms with Crippen LogP contribution in [0.2, 0.25) is 5.02 Å². The largest absolute Gasteiger partial charge is 0.495 e. The molecule has 5 rings (SSSR count). The lowest BCUT2D eigenvalue weighted by Crippen LogP contribution is -2.27. The number of ether oxygens (including phenoxy) is 3. The maximum absolute atomic E-state index is 12.5. The van der Waals surface area contributed by atoms with Crippen molar-refractivity contribution >= 4 is 29.3 Å². The van der Waals surface area contributed by atoms with Crippen LogP contribution in [0.4, 0.5) is 16.4 Å². The fourth-order valence-corrected chi connectivity index (χ4v) is 4.23. The summed E-state index contributed by atoms with van der Waals surface area (Å²) in [6, 6.07) is 18.9. The van der Waals surface area contributed by atoms with Gasteiger partial charge in [0.2, 0.25) is 11.7 Å². The van der Waals surface area contributed by atoms with Gasteiger partial charge >= 0.3 is 6.09 Å². The van der Waals surface area contributed by atoms with Crippen LogP contribution in [0.5, 0.6) is 17.4 Å². The summed E-state index contributed by atoms with van der Waals surface area (Å²) in [5.41, 5.74) is 3.75. The molecule has 10 heteroatoms. The average molecular weight is 518 g/mol. The van der Waals surface area contributed by atoms with Gasteiger partial charge in [-0.15, -0.1) is 0 Å². The van der Waals surface area contributed by atoms with Crippen molar-refractivity contribution in [3.05, 3.63) is 94.9 Å². The second kappa shape index (κ2) is 11.1. The summed E-state index contributed by atoms with van der Waals surface area (Å²) in [6.07, 6.45) is 3.31. The van der Waals surface area contributed by atoms with Crippen molar-refractivity contribution in [1.29, 1.82) is 0 Å². The predicted octanol–water partition coefficient (Wildman–Crippen LogP) is 5.10. The summed E-state index contributed by atoms with van der Waals surface area (Å²) in [5, 5.41) is 3.14. The van der Waals surface area contributed by atoms with Crippen LogP contribution in [0.3, 0.4) is 0 Å². The first-order valence-electron chi connectivity index (χ1n) is 11.6. The van der Waals surface area contributed by atoms with Gasteiger partial charge in [-0.1, -0.05) is 41.9 Å². The molecule has 0 atom stereocenters. The van der Waals surface area contributed by atoms with Crippen LogP contribution in [0.25, 0.3) is 0 Å². The van der Waals surface area contributed by atoms with E-state index in [0.29, 0.717) is 22.4 Å². The Balaban J connectivity index is 1.36. The number of aromatic nitrogens is 3. The summed E-state index contributed by atoms with van der Waals surface area (Å²) in [4.78, 5) is 27.8. The smallest absolute Gasteiger partial charge is 0.413 e. The Kier molecular flexibility index (Phi) is 7.32. The van der Waals surface area contributed by atoms with E-state index in [1.165, 1.54) is 11.8 Å². The van der Waals surface area contributed by atoms with Crippen molar-refractivity contribution in [3.63, 3.8) is 0 Å². The minimum atomic E-state index is -0.675.